The van der Waals surface area contributed by atoms with Gasteiger partial charge in [0.25, 0.3) is 0 Å². The topological polar surface area (TPSA) is 49.4 Å². The van der Waals surface area contributed by atoms with Gasteiger partial charge in [-0.05, 0) is 63.8 Å². The van der Waals surface area contributed by atoms with Gasteiger partial charge in [-0.2, -0.15) is 0 Å². The van der Waals surface area contributed by atoms with E-state index in [0.29, 0.717) is 13.0 Å². The van der Waals surface area contributed by atoms with Gasteiger partial charge in [-0.15, -0.1) is 0 Å². The lowest BCUT2D eigenvalue weighted by Gasteiger charge is -2.30. The minimum Gasteiger partial charge on any atom is -0.352 e. The summed E-state index contributed by atoms with van der Waals surface area (Å²) in [6, 6.07) is 13.6. The van der Waals surface area contributed by atoms with Gasteiger partial charge >= 0.3 is 0 Å². The molecule has 0 heterocycles. The zero-order valence-electron chi connectivity index (χ0n) is 17.9. The van der Waals surface area contributed by atoms with E-state index < -0.39 is 6.04 Å². The van der Waals surface area contributed by atoms with Gasteiger partial charge in [-0.1, -0.05) is 48.0 Å². The standard InChI is InChI=1S/C24H32N2O2/c1-16(2)25-24(28)20(6)26(15-21-10-8-7-9-18(21)4)23(27)14-22-13-17(3)11-12-19(22)5/h7-13,16,20H,14-15H2,1-6H3,(H,25,28)/t20-/m0/s1. The van der Waals surface area contributed by atoms with Crippen molar-refractivity contribution in [2.75, 3.05) is 0 Å². The molecule has 0 aliphatic rings. The quantitative estimate of drug-likeness (QED) is 0.786. The maximum absolute atomic E-state index is 13.3. The number of carbonyl (C=O) groups excluding carboxylic acids is 2. The summed E-state index contributed by atoms with van der Waals surface area (Å²) >= 11 is 0. The number of hydrogen-bond acceptors (Lipinski definition) is 2. The monoisotopic (exact) mass is 380 g/mol. The van der Waals surface area contributed by atoms with E-state index in [-0.39, 0.29) is 17.9 Å². The average molecular weight is 381 g/mol. The van der Waals surface area contributed by atoms with E-state index in [0.717, 1.165) is 27.8 Å². The molecule has 0 aromatic heterocycles. The molecule has 0 aliphatic carbocycles. The Morgan fingerprint density at radius 3 is 2.21 bits per heavy atom. The third-order valence-electron chi connectivity index (χ3n) is 5.05. The number of rotatable bonds is 7. The molecule has 4 nitrogen and oxygen atoms in total. The predicted octanol–water partition coefficient (Wildman–Crippen LogP) is 4.10. The molecule has 4 heteroatoms. The van der Waals surface area contributed by atoms with E-state index in [1.165, 1.54) is 0 Å². The van der Waals surface area contributed by atoms with Gasteiger partial charge in [-0.25, -0.2) is 0 Å². The molecule has 0 bridgehead atoms. The molecule has 2 amide bonds. The van der Waals surface area contributed by atoms with Crippen LogP contribution in [0, 0.1) is 20.8 Å². The molecule has 0 unspecified atom stereocenters. The number of aryl methyl sites for hydroxylation is 3. The molecule has 1 N–H and O–H groups in total. The lowest BCUT2D eigenvalue weighted by Crippen LogP contribution is -2.49. The van der Waals surface area contributed by atoms with Crippen molar-refractivity contribution < 1.29 is 9.59 Å². The lowest BCUT2D eigenvalue weighted by atomic mass is 10.0. The van der Waals surface area contributed by atoms with Crippen molar-refractivity contribution >= 4 is 11.8 Å². The van der Waals surface area contributed by atoms with Crippen LogP contribution in [0.2, 0.25) is 0 Å². The molecule has 2 aromatic rings. The molecule has 28 heavy (non-hydrogen) atoms. The molecule has 0 fully saturated rings. The first-order valence-electron chi connectivity index (χ1n) is 9.89. The van der Waals surface area contributed by atoms with Crippen LogP contribution in [0.3, 0.4) is 0 Å². The van der Waals surface area contributed by atoms with E-state index in [1.807, 2.05) is 71.0 Å². The van der Waals surface area contributed by atoms with E-state index >= 15 is 0 Å². The molecular formula is C24H32N2O2. The summed E-state index contributed by atoms with van der Waals surface area (Å²) in [5.74, 6) is -0.166. The van der Waals surface area contributed by atoms with E-state index in [9.17, 15) is 9.59 Å². The summed E-state index contributed by atoms with van der Waals surface area (Å²) in [4.78, 5) is 27.6. The summed E-state index contributed by atoms with van der Waals surface area (Å²) < 4.78 is 0. The molecule has 150 valence electrons. The van der Waals surface area contributed by atoms with Crippen LogP contribution in [-0.2, 0) is 22.6 Å². The van der Waals surface area contributed by atoms with Crippen LogP contribution in [0.4, 0.5) is 0 Å². The number of nitrogens with zero attached hydrogens (tertiary/aromatic N) is 1. The highest BCUT2D eigenvalue weighted by atomic mass is 16.2. The zero-order chi connectivity index (χ0) is 20.8. The first-order chi connectivity index (χ1) is 13.2. The molecule has 0 spiro atoms. The van der Waals surface area contributed by atoms with Crippen molar-refractivity contribution in [2.24, 2.45) is 0 Å². The normalized spacial score (nSPS) is 12.0. The maximum Gasteiger partial charge on any atom is 0.242 e. The number of carbonyl (C=O) groups is 2. The van der Waals surface area contributed by atoms with Crippen molar-refractivity contribution in [3.05, 3.63) is 70.3 Å². The Kier molecular flexibility index (Phi) is 7.38. The smallest absolute Gasteiger partial charge is 0.242 e. The van der Waals surface area contributed by atoms with Gasteiger partial charge in [-0.3, -0.25) is 9.59 Å². The average Bonchev–Trinajstić information content (AvgIpc) is 2.62. The second kappa shape index (κ2) is 9.54. The Bertz CT molecular complexity index is 842. The van der Waals surface area contributed by atoms with Crippen LogP contribution in [-0.4, -0.2) is 28.8 Å². The maximum atomic E-state index is 13.3. The van der Waals surface area contributed by atoms with E-state index in [2.05, 4.69) is 11.4 Å². The van der Waals surface area contributed by atoms with Crippen molar-refractivity contribution in [1.82, 2.24) is 10.2 Å². The Hall–Kier alpha value is -2.62. The van der Waals surface area contributed by atoms with Gasteiger partial charge in [0, 0.05) is 12.6 Å². The Labute approximate surface area is 169 Å². The summed E-state index contributed by atoms with van der Waals surface area (Å²) in [6.45, 7) is 12.1. The van der Waals surface area contributed by atoms with E-state index in [1.54, 1.807) is 11.8 Å². The minimum atomic E-state index is -0.542. The van der Waals surface area contributed by atoms with Crippen molar-refractivity contribution in [3.63, 3.8) is 0 Å². The highest BCUT2D eigenvalue weighted by Crippen LogP contribution is 2.17. The van der Waals surface area contributed by atoms with Crippen LogP contribution in [0.1, 0.15) is 48.6 Å². The second-order valence-corrected chi connectivity index (χ2v) is 7.89. The van der Waals surface area contributed by atoms with Crippen LogP contribution < -0.4 is 5.32 Å². The van der Waals surface area contributed by atoms with Gasteiger partial charge in [0.05, 0.1) is 6.42 Å². The molecular weight excluding hydrogens is 348 g/mol. The van der Waals surface area contributed by atoms with Gasteiger partial charge < -0.3 is 10.2 Å². The van der Waals surface area contributed by atoms with Crippen LogP contribution >= 0.6 is 0 Å². The third-order valence-corrected chi connectivity index (χ3v) is 5.05. The number of hydrogen-bond donors (Lipinski definition) is 1. The summed E-state index contributed by atoms with van der Waals surface area (Å²) in [7, 11) is 0. The zero-order valence-corrected chi connectivity index (χ0v) is 17.9. The number of nitrogens with one attached hydrogen (secondary N) is 1. The molecule has 2 rings (SSSR count). The third kappa shape index (κ3) is 5.69. The van der Waals surface area contributed by atoms with Gasteiger partial charge in [0.2, 0.25) is 11.8 Å². The SMILES string of the molecule is Cc1ccc(C)c(CC(=O)N(Cc2ccccc2C)[C@@H](C)C(=O)NC(C)C)c1. The second-order valence-electron chi connectivity index (χ2n) is 7.89. The minimum absolute atomic E-state index is 0.0318. The molecule has 1 atom stereocenters. The molecule has 0 aliphatic heterocycles. The largest absolute Gasteiger partial charge is 0.352 e. The highest BCUT2D eigenvalue weighted by Gasteiger charge is 2.27. The fraction of sp³-hybridized carbons (Fsp3) is 0.417. The Morgan fingerprint density at radius 2 is 1.57 bits per heavy atom. The molecule has 2 aromatic carbocycles. The number of amides is 2. The van der Waals surface area contributed by atoms with Crippen molar-refractivity contribution in [2.45, 2.75) is 66.6 Å². The highest BCUT2D eigenvalue weighted by molar-refractivity contribution is 5.88. The molecule has 0 saturated carbocycles. The first kappa shape index (κ1) is 21.7. The fourth-order valence-corrected chi connectivity index (χ4v) is 3.21. The summed E-state index contributed by atoms with van der Waals surface area (Å²) in [5, 5.41) is 2.93. The first-order valence-corrected chi connectivity index (χ1v) is 9.89. The van der Waals surface area contributed by atoms with Crippen LogP contribution in [0.25, 0.3) is 0 Å². The Balaban J connectivity index is 2.30. The van der Waals surface area contributed by atoms with Crippen LogP contribution in [0.15, 0.2) is 42.5 Å². The Morgan fingerprint density at radius 1 is 0.929 bits per heavy atom. The van der Waals surface area contributed by atoms with Gasteiger partial charge in [0.15, 0.2) is 0 Å². The predicted molar refractivity (Wildman–Crippen MR) is 114 cm³/mol. The lowest BCUT2D eigenvalue weighted by molar-refractivity contribution is -0.140. The van der Waals surface area contributed by atoms with E-state index in [4.69, 9.17) is 0 Å². The summed E-state index contributed by atoms with van der Waals surface area (Å²) in [5.41, 5.74) is 5.40. The fourth-order valence-electron chi connectivity index (χ4n) is 3.21. The van der Waals surface area contributed by atoms with Crippen molar-refractivity contribution in [1.29, 1.82) is 0 Å². The number of benzene rings is 2. The summed E-state index contributed by atoms with van der Waals surface area (Å²) in [6.07, 6.45) is 0.290. The van der Waals surface area contributed by atoms with Gasteiger partial charge in [0.1, 0.15) is 6.04 Å². The van der Waals surface area contributed by atoms with Crippen molar-refractivity contribution in [3.8, 4) is 0 Å². The molecule has 0 radical (unpaired) electrons. The van der Waals surface area contributed by atoms with Crippen LogP contribution in [0.5, 0.6) is 0 Å². The molecule has 0 saturated heterocycles.